The fraction of sp³-hybridized carbons (Fsp3) is 0.429. The summed E-state index contributed by atoms with van der Waals surface area (Å²) in [5.74, 6) is -3.88. The van der Waals surface area contributed by atoms with Crippen molar-refractivity contribution in [3.8, 4) is 0 Å². The standard InChI is InChI=1S/C14H15F2NO4/c1-20-11(18)13(8-14(15,16)9-13)17-12(19)21-7-10-5-3-2-4-6-10/h2-6H,7-9H2,1H3,(H,17,19). The molecule has 2 rings (SSSR count). The van der Waals surface area contributed by atoms with Gasteiger partial charge in [0.15, 0.2) is 5.54 Å². The van der Waals surface area contributed by atoms with E-state index in [1.165, 1.54) is 0 Å². The van der Waals surface area contributed by atoms with Crippen LogP contribution in [0.25, 0.3) is 0 Å². The molecular weight excluding hydrogens is 284 g/mol. The quantitative estimate of drug-likeness (QED) is 0.866. The van der Waals surface area contributed by atoms with E-state index in [0.29, 0.717) is 0 Å². The number of hydrogen-bond donors (Lipinski definition) is 1. The number of alkyl carbamates (subject to hydrolysis) is 1. The Kier molecular flexibility index (Phi) is 4.11. The highest BCUT2D eigenvalue weighted by Gasteiger charge is 2.63. The molecule has 0 bridgehead atoms. The second kappa shape index (κ2) is 5.67. The van der Waals surface area contributed by atoms with Gasteiger partial charge in [0.25, 0.3) is 5.92 Å². The predicted molar refractivity (Wildman–Crippen MR) is 68.7 cm³/mol. The molecule has 0 saturated heterocycles. The molecule has 21 heavy (non-hydrogen) atoms. The van der Waals surface area contributed by atoms with Crippen molar-refractivity contribution < 1.29 is 27.8 Å². The second-order valence-electron chi connectivity index (χ2n) is 4.97. The van der Waals surface area contributed by atoms with Crippen molar-refractivity contribution >= 4 is 12.1 Å². The van der Waals surface area contributed by atoms with Crippen LogP contribution in [0.1, 0.15) is 18.4 Å². The number of halogens is 2. The Bertz CT molecular complexity index is 525. The van der Waals surface area contributed by atoms with Crippen LogP contribution in [-0.4, -0.2) is 30.6 Å². The van der Waals surface area contributed by atoms with Gasteiger partial charge in [-0.1, -0.05) is 30.3 Å². The summed E-state index contributed by atoms with van der Waals surface area (Å²) in [6.07, 6.45) is -2.50. The highest BCUT2D eigenvalue weighted by Crippen LogP contribution is 2.46. The average molecular weight is 299 g/mol. The van der Waals surface area contributed by atoms with Gasteiger partial charge in [0.05, 0.1) is 7.11 Å². The van der Waals surface area contributed by atoms with Crippen LogP contribution >= 0.6 is 0 Å². The van der Waals surface area contributed by atoms with Gasteiger partial charge in [0.2, 0.25) is 0 Å². The molecule has 1 fully saturated rings. The molecule has 1 aliphatic rings. The number of methoxy groups -OCH3 is 1. The van der Waals surface area contributed by atoms with Gasteiger partial charge in [-0.15, -0.1) is 0 Å². The first kappa shape index (κ1) is 15.2. The van der Waals surface area contributed by atoms with Crippen LogP contribution in [0.3, 0.4) is 0 Å². The van der Waals surface area contributed by atoms with E-state index in [9.17, 15) is 18.4 Å². The summed E-state index contributed by atoms with van der Waals surface area (Å²) in [5.41, 5.74) is -0.954. The molecular formula is C14H15F2NO4. The molecule has 1 aliphatic carbocycles. The van der Waals surface area contributed by atoms with Crippen molar-refractivity contribution in [3.63, 3.8) is 0 Å². The summed E-state index contributed by atoms with van der Waals surface area (Å²) in [6, 6.07) is 8.87. The first-order valence-electron chi connectivity index (χ1n) is 6.32. The van der Waals surface area contributed by atoms with Crippen molar-refractivity contribution in [1.82, 2.24) is 5.32 Å². The third kappa shape index (κ3) is 3.48. The van der Waals surface area contributed by atoms with Crippen LogP contribution in [0.2, 0.25) is 0 Å². The third-order valence-corrected chi connectivity index (χ3v) is 3.25. The maximum absolute atomic E-state index is 13.0. The second-order valence-corrected chi connectivity index (χ2v) is 4.97. The molecule has 0 aromatic heterocycles. The number of nitrogens with one attached hydrogen (secondary N) is 1. The van der Waals surface area contributed by atoms with E-state index < -0.39 is 36.4 Å². The highest BCUT2D eigenvalue weighted by molar-refractivity contribution is 5.87. The smallest absolute Gasteiger partial charge is 0.408 e. The van der Waals surface area contributed by atoms with E-state index >= 15 is 0 Å². The van der Waals surface area contributed by atoms with Crippen molar-refractivity contribution in [2.75, 3.05) is 7.11 Å². The minimum Gasteiger partial charge on any atom is -0.467 e. The molecule has 1 amide bonds. The fourth-order valence-electron chi connectivity index (χ4n) is 2.26. The summed E-state index contributed by atoms with van der Waals surface area (Å²) in [4.78, 5) is 23.3. The van der Waals surface area contributed by atoms with Crippen molar-refractivity contribution in [1.29, 1.82) is 0 Å². The lowest BCUT2D eigenvalue weighted by atomic mass is 9.73. The Balaban J connectivity index is 1.92. The van der Waals surface area contributed by atoms with E-state index in [4.69, 9.17) is 4.74 Å². The molecule has 0 spiro atoms. The summed E-state index contributed by atoms with van der Waals surface area (Å²) in [6.45, 7) is -0.0136. The number of benzene rings is 1. The monoisotopic (exact) mass is 299 g/mol. The Morgan fingerprint density at radius 1 is 1.24 bits per heavy atom. The van der Waals surface area contributed by atoms with Gasteiger partial charge in [-0.05, 0) is 5.56 Å². The van der Waals surface area contributed by atoms with Crippen molar-refractivity contribution in [3.05, 3.63) is 35.9 Å². The maximum atomic E-state index is 13.0. The van der Waals surface area contributed by atoms with E-state index in [1.807, 2.05) is 6.07 Å². The zero-order valence-corrected chi connectivity index (χ0v) is 11.4. The van der Waals surface area contributed by atoms with Crippen molar-refractivity contribution in [2.45, 2.75) is 30.9 Å². The number of esters is 1. The Labute approximate surface area is 120 Å². The number of carbonyl (C=O) groups excluding carboxylic acids is 2. The number of alkyl halides is 2. The van der Waals surface area contributed by atoms with Crippen LogP contribution in [0.15, 0.2) is 30.3 Å². The predicted octanol–water partition coefficient (Wildman–Crippen LogP) is 2.25. The molecule has 0 unspecified atom stereocenters. The summed E-state index contributed by atoms with van der Waals surface area (Å²) in [7, 11) is 1.08. The third-order valence-electron chi connectivity index (χ3n) is 3.25. The Morgan fingerprint density at radius 3 is 2.38 bits per heavy atom. The lowest BCUT2D eigenvalue weighted by Gasteiger charge is -2.44. The Hall–Kier alpha value is -2.18. The Morgan fingerprint density at radius 2 is 1.86 bits per heavy atom. The van der Waals surface area contributed by atoms with Crippen LogP contribution in [-0.2, 0) is 20.9 Å². The van der Waals surface area contributed by atoms with E-state index in [1.54, 1.807) is 24.3 Å². The van der Waals surface area contributed by atoms with Gasteiger partial charge >= 0.3 is 12.1 Å². The zero-order chi connectivity index (χ0) is 15.5. The maximum Gasteiger partial charge on any atom is 0.408 e. The molecule has 1 saturated carbocycles. The van der Waals surface area contributed by atoms with Crippen molar-refractivity contribution in [2.24, 2.45) is 0 Å². The number of carbonyl (C=O) groups is 2. The number of hydrogen-bond acceptors (Lipinski definition) is 4. The van der Waals surface area contributed by atoms with Gasteiger partial charge < -0.3 is 14.8 Å². The normalized spacial score (nSPS) is 18.2. The summed E-state index contributed by atoms with van der Waals surface area (Å²) in [5, 5.41) is 2.19. The van der Waals surface area contributed by atoms with Crippen LogP contribution in [0.5, 0.6) is 0 Å². The number of rotatable bonds is 4. The number of ether oxygens (including phenoxy) is 2. The van der Waals surface area contributed by atoms with Gasteiger partial charge in [0.1, 0.15) is 6.61 Å². The lowest BCUT2D eigenvalue weighted by Crippen LogP contribution is -2.67. The minimum atomic E-state index is -2.99. The molecule has 114 valence electrons. The molecule has 0 atom stereocenters. The SMILES string of the molecule is COC(=O)C1(NC(=O)OCc2ccccc2)CC(F)(F)C1. The van der Waals surface area contributed by atoms with E-state index in [0.717, 1.165) is 12.7 Å². The molecule has 1 aromatic rings. The summed E-state index contributed by atoms with van der Waals surface area (Å²) < 4.78 is 35.5. The lowest BCUT2D eigenvalue weighted by molar-refractivity contribution is -0.179. The van der Waals surface area contributed by atoms with Crippen LogP contribution in [0.4, 0.5) is 13.6 Å². The minimum absolute atomic E-state index is 0.0136. The molecule has 1 aromatic carbocycles. The zero-order valence-electron chi connectivity index (χ0n) is 11.4. The molecule has 0 radical (unpaired) electrons. The first-order valence-corrected chi connectivity index (χ1v) is 6.32. The largest absolute Gasteiger partial charge is 0.467 e. The van der Waals surface area contributed by atoms with Gasteiger partial charge in [-0.25, -0.2) is 18.4 Å². The molecule has 1 N–H and O–H groups in total. The molecule has 0 aliphatic heterocycles. The molecule has 0 heterocycles. The van der Waals surface area contributed by atoms with Crippen LogP contribution < -0.4 is 5.32 Å². The van der Waals surface area contributed by atoms with Gasteiger partial charge in [0, 0.05) is 12.8 Å². The first-order chi connectivity index (χ1) is 9.87. The van der Waals surface area contributed by atoms with Gasteiger partial charge in [-0.3, -0.25) is 0 Å². The molecule has 7 heteroatoms. The fourth-order valence-corrected chi connectivity index (χ4v) is 2.26. The van der Waals surface area contributed by atoms with E-state index in [2.05, 4.69) is 10.1 Å². The average Bonchev–Trinajstić information content (AvgIpc) is 2.43. The summed E-state index contributed by atoms with van der Waals surface area (Å²) >= 11 is 0. The van der Waals surface area contributed by atoms with E-state index in [-0.39, 0.29) is 6.61 Å². The number of amides is 1. The molecule has 5 nitrogen and oxygen atoms in total. The highest BCUT2D eigenvalue weighted by atomic mass is 19.3. The topological polar surface area (TPSA) is 64.6 Å². The van der Waals surface area contributed by atoms with Gasteiger partial charge in [-0.2, -0.15) is 0 Å². The van der Waals surface area contributed by atoms with Crippen LogP contribution in [0, 0.1) is 0 Å².